The van der Waals surface area contributed by atoms with E-state index in [1.54, 1.807) is 41.0 Å². The highest BCUT2D eigenvalue weighted by atomic mass is 16.5. The van der Waals surface area contributed by atoms with E-state index in [4.69, 9.17) is 4.74 Å². The van der Waals surface area contributed by atoms with E-state index < -0.39 is 5.92 Å². The van der Waals surface area contributed by atoms with Gasteiger partial charge in [0.15, 0.2) is 0 Å². The summed E-state index contributed by atoms with van der Waals surface area (Å²) in [5.74, 6) is -1.43. The molecule has 2 aliphatic heterocycles. The van der Waals surface area contributed by atoms with Crippen molar-refractivity contribution in [1.82, 2.24) is 4.90 Å². The van der Waals surface area contributed by atoms with Crippen LogP contribution in [0.5, 0.6) is 0 Å². The number of nitrogens with zero attached hydrogens (tertiary/aromatic N) is 2. The first-order valence-electron chi connectivity index (χ1n) is 11.7. The molecule has 0 aliphatic carbocycles. The van der Waals surface area contributed by atoms with Crippen LogP contribution in [0.3, 0.4) is 0 Å². The first kappa shape index (κ1) is 23.5. The maximum absolute atomic E-state index is 12.9. The standard InChI is InChI=1S/C26H29N3O5/c1-2-34-26(33)19-7-6-14-28(16-19)25(32)18-10-12-21(13-11-18)27-24(31)20-15-23(30)29(17-20)22-8-4-3-5-9-22/h3-5,8-13,19-20H,2,6-7,14-17H2,1H3,(H,27,31). The number of carbonyl (C=O) groups excluding carboxylic acids is 4. The number of hydrogen-bond donors (Lipinski definition) is 1. The molecule has 4 rings (SSSR count). The summed E-state index contributed by atoms with van der Waals surface area (Å²) in [6.07, 6.45) is 1.64. The van der Waals surface area contributed by atoms with Gasteiger partial charge in [0.1, 0.15) is 0 Å². The van der Waals surface area contributed by atoms with Crippen LogP contribution in [0.4, 0.5) is 11.4 Å². The van der Waals surface area contributed by atoms with E-state index in [9.17, 15) is 19.2 Å². The summed E-state index contributed by atoms with van der Waals surface area (Å²) in [5, 5.41) is 2.85. The van der Waals surface area contributed by atoms with Crippen molar-refractivity contribution in [3.63, 3.8) is 0 Å². The molecule has 2 atom stereocenters. The molecule has 2 fully saturated rings. The number of nitrogens with one attached hydrogen (secondary N) is 1. The van der Waals surface area contributed by atoms with Crippen LogP contribution in [-0.2, 0) is 19.1 Å². The fourth-order valence-corrected chi connectivity index (χ4v) is 4.48. The maximum Gasteiger partial charge on any atom is 0.310 e. The first-order valence-corrected chi connectivity index (χ1v) is 11.7. The van der Waals surface area contributed by atoms with Gasteiger partial charge in [0.05, 0.1) is 18.4 Å². The molecular formula is C26H29N3O5. The van der Waals surface area contributed by atoms with Gasteiger partial charge in [0, 0.05) is 43.0 Å². The maximum atomic E-state index is 12.9. The fraction of sp³-hybridized carbons (Fsp3) is 0.385. The molecule has 3 amide bonds. The van der Waals surface area contributed by atoms with Gasteiger partial charge in [0.25, 0.3) is 5.91 Å². The molecule has 8 heteroatoms. The van der Waals surface area contributed by atoms with Crippen molar-refractivity contribution in [2.24, 2.45) is 11.8 Å². The number of piperidine rings is 1. The lowest BCUT2D eigenvalue weighted by Gasteiger charge is -2.31. The van der Waals surface area contributed by atoms with Crippen molar-refractivity contribution in [3.8, 4) is 0 Å². The summed E-state index contributed by atoms with van der Waals surface area (Å²) in [7, 11) is 0. The summed E-state index contributed by atoms with van der Waals surface area (Å²) in [5.41, 5.74) is 1.84. The molecule has 2 aromatic rings. The van der Waals surface area contributed by atoms with E-state index in [2.05, 4.69) is 5.32 Å². The molecule has 2 aromatic carbocycles. The fourth-order valence-electron chi connectivity index (χ4n) is 4.48. The van der Waals surface area contributed by atoms with Crippen molar-refractivity contribution in [2.75, 3.05) is 36.5 Å². The molecule has 8 nitrogen and oxygen atoms in total. The predicted molar refractivity (Wildman–Crippen MR) is 127 cm³/mol. The van der Waals surface area contributed by atoms with Crippen LogP contribution < -0.4 is 10.2 Å². The summed E-state index contributed by atoms with van der Waals surface area (Å²) in [6, 6.07) is 16.0. The number of para-hydroxylation sites is 1. The summed E-state index contributed by atoms with van der Waals surface area (Å²) < 4.78 is 5.11. The van der Waals surface area contributed by atoms with Gasteiger partial charge >= 0.3 is 5.97 Å². The second-order valence-electron chi connectivity index (χ2n) is 8.65. The summed E-state index contributed by atoms with van der Waals surface area (Å²) in [4.78, 5) is 53.4. The van der Waals surface area contributed by atoms with Crippen LogP contribution in [0.2, 0.25) is 0 Å². The number of amides is 3. The number of hydrogen-bond acceptors (Lipinski definition) is 5. The van der Waals surface area contributed by atoms with Crippen LogP contribution in [0.25, 0.3) is 0 Å². The average molecular weight is 464 g/mol. The van der Waals surface area contributed by atoms with Crippen molar-refractivity contribution in [1.29, 1.82) is 0 Å². The van der Waals surface area contributed by atoms with Gasteiger partial charge in [-0.2, -0.15) is 0 Å². The SMILES string of the molecule is CCOC(=O)C1CCCN(C(=O)c2ccc(NC(=O)C3CC(=O)N(c4ccccc4)C3)cc2)C1. The molecule has 2 saturated heterocycles. The van der Waals surface area contributed by atoms with Gasteiger partial charge in [-0.05, 0) is 56.2 Å². The Morgan fingerprint density at radius 1 is 1.00 bits per heavy atom. The molecule has 2 unspecified atom stereocenters. The quantitative estimate of drug-likeness (QED) is 0.664. The zero-order valence-corrected chi connectivity index (χ0v) is 19.2. The number of esters is 1. The van der Waals surface area contributed by atoms with Crippen LogP contribution in [0, 0.1) is 11.8 Å². The van der Waals surface area contributed by atoms with Gasteiger partial charge in [-0.15, -0.1) is 0 Å². The van der Waals surface area contributed by atoms with E-state index in [-0.39, 0.29) is 36.0 Å². The highest BCUT2D eigenvalue weighted by Crippen LogP contribution is 2.26. The largest absolute Gasteiger partial charge is 0.466 e. The molecule has 0 radical (unpaired) electrons. The third-order valence-corrected chi connectivity index (χ3v) is 6.29. The highest BCUT2D eigenvalue weighted by Gasteiger charge is 2.35. The van der Waals surface area contributed by atoms with Gasteiger partial charge in [-0.1, -0.05) is 18.2 Å². The molecular weight excluding hydrogens is 434 g/mol. The van der Waals surface area contributed by atoms with Crippen molar-refractivity contribution in [2.45, 2.75) is 26.2 Å². The number of ether oxygens (including phenoxy) is 1. The zero-order valence-electron chi connectivity index (χ0n) is 19.2. The third-order valence-electron chi connectivity index (χ3n) is 6.29. The summed E-state index contributed by atoms with van der Waals surface area (Å²) in [6.45, 7) is 3.39. The second kappa shape index (κ2) is 10.5. The van der Waals surface area contributed by atoms with E-state index in [0.29, 0.717) is 37.5 Å². The van der Waals surface area contributed by atoms with Gasteiger partial charge in [-0.25, -0.2) is 0 Å². The monoisotopic (exact) mass is 463 g/mol. The van der Waals surface area contributed by atoms with E-state index in [0.717, 1.165) is 18.5 Å². The molecule has 2 aliphatic rings. The normalized spacial score (nSPS) is 20.2. The van der Waals surface area contributed by atoms with Crippen molar-refractivity contribution < 1.29 is 23.9 Å². The summed E-state index contributed by atoms with van der Waals surface area (Å²) >= 11 is 0. The van der Waals surface area contributed by atoms with Crippen LogP contribution in [0.15, 0.2) is 54.6 Å². The Hall–Kier alpha value is -3.68. The number of carbonyl (C=O) groups is 4. The molecule has 0 aromatic heterocycles. The molecule has 0 spiro atoms. The van der Waals surface area contributed by atoms with E-state index >= 15 is 0 Å². The van der Waals surface area contributed by atoms with Gasteiger partial charge < -0.3 is 19.9 Å². The van der Waals surface area contributed by atoms with Crippen LogP contribution in [-0.4, -0.2) is 54.8 Å². The zero-order chi connectivity index (χ0) is 24.1. The Labute approximate surface area is 198 Å². The molecule has 1 N–H and O–H groups in total. The average Bonchev–Trinajstić information content (AvgIpc) is 3.26. The Bertz CT molecular complexity index is 1050. The number of likely N-dealkylation sites (tertiary alicyclic amines) is 1. The lowest BCUT2D eigenvalue weighted by Crippen LogP contribution is -2.42. The number of anilines is 2. The topological polar surface area (TPSA) is 96.0 Å². The lowest BCUT2D eigenvalue weighted by atomic mass is 9.97. The highest BCUT2D eigenvalue weighted by molar-refractivity contribution is 6.03. The predicted octanol–water partition coefficient (Wildman–Crippen LogP) is 3.09. The molecule has 34 heavy (non-hydrogen) atoms. The van der Waals surface area contributed by atoms with E-state index in [1.807, 2.05) is 30.3 Å². The van der Waals surface area contributed by atoms with Gasteiger partial charge in [-0.3, -0.25) is 19.2 Å². The molecule has 0 saturated carbocycles. The van der Waals surface area contributed by atoms with Crippen LogP contribution >= 0.6 is 0 Å². The van der Waals surface area contributed by atoms with E-state index in [1.165, 1.54) is 0 Å². The van der Waals surface area contributed by atoms with Crippen molar-refractivity contribution >= 4 is 35.1 Å². The number of rotatable bonds is 6. The Kier molecular flexibility index (Phi) is 7.25. The smallest absolute Gasteiger partial charge is 0.310 e. The Balaban J connectivity index is 1.34. The minimum atomic E-state index is -0.442. The Morgan fingerprint density at radius 2 is 1.74 bits per heavy atom. The number of benzene rings is 2. The molecule has 0 bridgehead atoms. The van der Waals surface area contributed by atoms with Crippen molar-refractivity contribution in [3.05, 3.63) is 60.2 Å². The molecule has 2 heterocycles. The van der Waals surface area contributed by atoms with Gasteiger partial charge in [0.2, 0.25) is 11.8 Å². The van der Waals surface area contributed by atoms with Crippen LogP contribution in [0.1, 0.15) is 36.5 Å². The molecule has 178 valence electrons. The second-order valence-corrected chi connectivity index (χ2v) is 8.65. The minimum Gasteiger partial charge on any atom is -0.466 e. The third kappa shape index (κ3) is 5.27. The minimum absolute atomic E-state index is 0.0741. The Morgan fingerprint density at radius 3 is 2.44 bits per heavy atom. The lowest BCUT2D eigenvalue weighted by molar-refractivity contribution is -0.149. The first-order chi connectivity index (χ1) is 16.5.